The first kappa shape index (κ1) is 9.23. The van der Waals surface area contributed by atoms with Gasteiger partial charge in [0.1, 0.15) is 5.82 Å². The Kier molecular flexibility index (Phi) is 3.01. The molecule has 0 aliphatic heterocycles. The van der Waals surface area contributed by atoms with Crippen molar-refractivity contribution in [2.45, 2.75) is 6.61 Å². The third-order valence-electron chi connectivity index (χ3n) is 1.45. The van der Waals surface area contributed by atoms with Gasteiger partial charge in [0.2, 0.25) is 0 Å². The molecule has 0 saturated carbocycles. The van der Waals surface area contributed by atoms with E-state index in [4.69, 9.17) is 10.8 Å². The van der Waals surface area contributed by atoms with Gasteiger partial charge in [0.15, 0.2) is 6.29 Å². The highest BCUT2D eigenvalue weighted by molar-refractivity contribution is 5.74. The summed E-state index contributed by atoms with van der Waals surface area (Å²) in [5, 5.41) is 8.83. The SMILES string of the molecule is Nc1ncc(C#CC=O)cc1CO. The Balaban J connectivity index is 3.06. The topological polar surface area (TPSA) is 76.2 Å². The van der Waals surface area contributed by atoms with E-state index in [1.807, 2.05) is 0 Å². The zero-order chi connectivity index (χ0) is 9.68. The van der Waals surface area contributed by atoms with E-state index in [9.17, 15) is 4.79 Å². The first-order chi connectivity index (χ1) is 6.27. The second-order valence-electron chi connectivity index (χ2n) is 2.31. The van der Waals surface area contributed by atoms with Crippen LogP contribution in [0.4, 0.5) is 5.82 Å². The fourth-order valence-corrected chi connectivity index (χ4v) is 0.829. The Hall–Kier alpha value is -1.86. The molecule has 0 saturated heterocycles. The number of nitrogen functional groups attached to an aromatic ring is 1. The molecule has 0 aromatic carbocycles. The lowest BCUT2D eigenvalue weighted by molar-refractivity contribution is -0.103. The van der Waals surface area contributed by atoms with Gasteiger partial charge >= 0.3 is 0 Å². The van der Waals surface area contributed by atoms with E-state index in [1.165, 1.54) is 6.20 Å². The summed E-state index contributed by atoms with van der Waals surface area (Å²) in [6.45, 7) is -0.185. The van der Waals surface area contributed by atoms with Crippen LogP contribution in [0.3, 0.4) is 0 Å². The predicted octanol–water partition coefficient (Wildman–Crippen LogP) is -0.294. The molecular weight excluding hydrogens is 168 g/mol. The quantitative estimate of drug-likeness (QED) is 0.455. The van der Waals surface area contributed by atoms with Crippen molar-refractivity contribution in [3.05, 3.63) is 23.4 Å². The second kappa shape index (κ2) is 4.24. The number of nitrogens with zero attached hydrogens (tertiary/aromatic N) is 1. The molecule has 1 rings (SSSR count). The van der Waals surface area contributed by atoms with Crippen LogP contribution in [-0.2, 0) is 11.4 Å². The molecule has 4 heteroatoms. The monoisotopic (exact) mass is 176 g/mol. The minimum Gasteiger partial charge on any atom is -0.392 e. The van der Waals surface area contributed by atoms with Crippen molar-refractivity contribution in [1.82, 2.24) is 4.98 Å². The molecule has 0 aliphatic carbocycles. The van der Waals surface area contributed by atoms with Gasteiger partial charge in [0.05, 0.1) is 6.61 Å². The molecule has 1 aromatic heterocycles. The van der Waals surface area contributed by atoms with Crippen LogP contribution in [0.5, 0.6) is 0 Å². The van der Waals surface area contributed by atoms with E-state index < -0.39 is 0 Å². The van der Waals surface area contributed by atoms with Crippen molar-refractivity contribution in [2.24, 2.45) is 0 Å². The van der Waals surface area contributed by atoms with Crippen LogP contribution >= 0.6 is 0 Å². The Morgan fingerprint density at radius 1 is 1.69 bits per heavy atom. The average Bonchev–Trinajstić information content (AvgIpc) is 2.16. The zero-order valence-corrected chi connectivity index (χ0v) is 6.82. The van der Waals surface area contributed by atoms with Crippen molar-refractivity contribution in [1.29, 1.82) is 0 Å². The normalized spacial score (nSPS) is 8.69. The Morgan fingerprint density at radius 3 is 3.08 bits per heavy atom. The van der Waals surface area contributed by atoms with E-state index in [-0.39, 0.29) is 12.4 Å². The summed E-state index contributed by atoms with van der Waals surface area (Å²) in [6.07, 6.45) is 1.94. The molecule has 0 unspecified atom stereocenters. The highest BCUT2D eigenvalue weighted by atomic mass is 16.3. The molecule has 0 amide bonds. The number of carbonyl (C=O) groups excluding carboxylic acids is 1. The number of carbonyl (C=O) groups is 1. The number of aliphatic hydroxyl groups is 1. The number of aromatic nitrogens is 1. The van der Waals surface area contributed by atoms with Crippen LogP contribution in [0.25, 0.3) is 0 Å². The fraction of sp³-hybridized carbons (Fsp3) is 0.111. The lowest BCUT2D eigenvalue weighted by Crippen LogP contribution is -1.98. The molecule has 1 heterocycles. The van der Waals surface area contributed by atoms with Crippen molar-refractivity contribution >= 4 is 12.1 Å². The molecule has 13 heavy (non-hydrogen) atoms. The minimum absolute atomic E-state index is 0.185. The fourth-order valence-electron chi connectivity index (χ4n) is 0.829. The summed E-state index contributed by atoms with van der Waals surface area (Å²) >= 11 is 0. The number of aldehydes is 1. The van der Waals surface area contributed by atoms with E-state index in [0.29, 0.717) is 17.4 Å². The summed E-state index contributed by atoms with van der Waals surface area (Å²) < 4.78 is 0. The molecular formula is C9H8N2O2. The first-order valence-electron chi connectivity index (χ1n) is 3.58. The molecule has 0 atom stereocenters. The van der Waals surface area contributed by atoms with Gasteiger partial charge in [-0.3, -0.25) is 4.79 Å². The lowest BCUT2D eigenvalue weighted by Gasteiger charge is -2.00. The Morgan fingerprint density at radius 2 is 2.46 bits per heavy atom. The van der Waals surface area contributed by atoms with Gasteiger partial charge in [0.25, 0.3) is 0 Å². The van der Waals surface area contributed by atoms with Crippen molar-refractivity contribution in [3.63, 3.8) is 0 Å². The van der Waals surface area contributed by atoms with Crippen LogP contribution in [0.15, 0.2) is 12.3 Å². The van der Waals surface area contributed by atoms with Crippen LogP contribution < -0.4 is 5.73 Å². The van der Waals surface area contributed by atoms with Crippen LogP contribution in [0.2, 0.25) is 0 Å². The van der Waals surface area contributed by atoms with Gasteiger partial charge in [-0.15, -0.1) is 0 Å². The highest BCUT2D eigenvalue weighted by Crippen LogP contribution is 2.09. The Bertz CT molecular complexity index is 377. The third-order valence-corrected chi connectivity index (χ3v) is 1.45. The van der Waals surface area contributed by atoms with Gasteiger partial charge in [-0.1, -0.05) is 5.92 Å². The molecule has 0 fully saturated rings. The van der Waals surface area contributed by atoms with E-state index >= 15 is 0 Å². The van der Waals surface area contributed by atoms with Gasteiger partial charge in [-0.2, -0.15) is 0 Å². The molecule has 4 nitrogen and oxygen atoms in total. The number of hydrogen-bond donors (Lipinski definition) is 2. The molecule has 0 radical (unpaired) electrons. The van der Waals surface area contributed by atoms with Gasteiger partial charge in [0, 0.05) is 17.3 Å². The number of pyridine rings is 1. The number of anilines is 1. The summed E-state index contributed by atoms with van der Waals surface area (Å²) in [7, 11) is 0. The van der Waals surface area contributed by atoms with Crippen LogP contribution in [-0.4, -0.2) is 16.4 Å². The average molecular weight is 176 g/mol. The van der Waals surface area contributed by atoms with Crippen LogP contribution in [0, 0.1) is 11.8 Å². The van der Waals surface area contributed by atoms with E-state index in [0.717, 1.165) is 0 Å². The summed E-state index contributed by atoms with van der Waals surface area (Å²) in [5.41, 5.74) is 6.51. The van der Waals surface area contributed by atoms with Crippen LogP contribution in [0.1, 0.15) is 11.1 Å². The van der Waals surface area contributed by atoms with Gasteiger partial charge < -0.3 is 10.8 Å². The maximum atomic E-state index is 9.93. The number of aliphatic hydroxyl groups excluding tert-OH is 1. The maximum absolute atomic E-state index is 9.93. The highest BCUT2D eigenvalue weighted by Gasteiger charge is 1.98. The van der Waals surface area contributed by atoms with E-state index in [1.54, 1.807) is 6.07 Å². The molecule has 0 spiro atoms. The molecule has 0 bridgehead atoms. The van der Waals surface area contributed by atoms with E-state index in [2.05, 4.69) is 16.8 Å². The minimum atomic E-state index is -0.185. The van der Waals surface area contributed by atoms with Gasteiger partial charge in [-0.05, 0) is 12.0 Å². The summed E-state index contributed by atoms with van der Waals surface area (Å²) in [6, 6.07) is 1.60. The summed E-state index contributed by atoms with van der Waals surface area (Å²) in [4.78, 5) is 13.7. The van der Waals surface area contributed by atoms with Crippen molar-refractivity contribution < 1.29 is 9.90 Å². The van der Waals surface area contributed by atoms with Gasteiger partial charge in [-0.25, -0.2) is 4.98 Å². The summed E-state index contributed by atoms with van der Waals surface area (Å²) in [5.74, 6) is 5.07. The lowest BCUT2D eigenvalue weighted by atomic mass is 10.2. The third kappa shape index (κ3) is 2.29. The standard InChI is InChI=1S/C9H8N2O2/c10-9-8(6-13)4-7(5-11-9)2-1-3-12/h3-5,13H,6H2,(H2,10,11). The maximum Gasteiger partial charge on any atom is 0.193 e. The smallest absolute Gasteiger partial charge is 0.193 e. The number of rotatable bonds is 1. The first-order valence-corrected chi connectivity index (χ1v) is 3.58. The molecule has 0 aliphatic rings. The largest absolute Gasteiger partial charge is 0.392 e. The number of hydrogen-bond acceptors (Lipinski definition) is 4. The second-order valence-corrected chi connectivity index (χ2v) is 2.31. The molecule has 66 valence electrons. The molecule has 1 aromatic rings. The number of nitrogens with two attached hydrogens (primary N) is 1. The van der Waals surface area contributed by atoms with Crippen molar-refractivity contribution in [2.75, 3.05) is 5.73 Å². The Labute approximate surface area is 75.4 Å². The van der Waals surface area contributed by atoms with Crippen molar-refractivity contribution in [3.8, 4) is 11.8 Å². The zero-order valence-electron chi connectivity index (χ0n) is 6.82. The molecule has 3 N–H and O–H groups in total. The predicted molar refractivity (Wildman–Crippen MR) is 47.5 cm³/mol.